The molecule has 7 heteroatoms. The average molecular weight is 471 g/mol. The Balaban J connectivity index is 1.38. The van der Waals surface area contributed by atoms with Crippen molar-refractivity contribution < 1.29 is 13.9 Å². The highest BCUT2D eigenvalue weighted by Gasteiger charge is 2.26. The van der Waals surface area contributed by atoms with Gasteiger partial charge in [-0.05, 0) is 61.7 Å². The molecular weight excluding hydrogens is 443 g/mol. The van der Waals surface area contributed by atoms with Gasteiger partial charge in [-0.15, -0.1) is 0 Å². The maximum absolute atomic E-state index is 14.1. The van der Waals surface area contributed by atoms with E-state index in [9.17, 15) is 4.39 Å². The molecule has 6 nitrogen and oxygen atoms in total. The Hall–Kier alpha value is -3.71. The van der Waals surface area contributed by atoms with Crippen LogP contribution in [0.15, 0.2) is 54.7 Å². The van der Waals surface area contributed by atoms with Crippen molar-refractivity contribution in [2.24, 2.45) is 0 Å². The van der Waals surface area contributed by atoms with Gasteiger partial charge in [0.1, 0.15) is 17.3 Å². The third-order valence-corrected chi connectivity index (χ3v) is 6.98. The normalized spacial score (nSPS) is 15.6. The Kier molecular flexibility index (Phi) is 5.70. The van der Waals surface area contributed by atoms with Crippen LogP contribution in [0.1, 0.15) is 29.9 Å². The van der Waals surface area contributed by atoms with Crippen LogP contribution in [-0.4, -0.2) is 36.8 Å². The summed E-state index contributed by atoms with van der Waals surface area (Å²) in [5, 5.41) is 7.69. The van der Waals surface area contributed by atoms with Crippen molar-refractivity contribution in [2.45, 2.75) is 25.2 Å². The molecule has 2 aliphatic rings. The number of benzene rings is 3. The molecule has 0 spiro atoms. The Bertz CT molecular complexity index is 1400. The van der Waals surface area contributed by atoms with E-state index in [1.165, 1.54) is 23.3 Å². The summed E-state index contributed by atoms with van der Waals surface area (Å²) in [7, 11) is 1.58. The van der Waals surface area contributed by atoms with Crippen LogP contribution in [0.4, 0.5) is 16.0 Å². The molecule has 6 rings (SSSR count). The van der Waals surface area contributed by atoms with Crippen molar-refractivity contribution in [3.05, 3.63) is 71.7 Å². The lowest BCUT2D eigenvalue weighted by atomic mass is 9.86. The Morgan fingerprint density at radius 1 is 1.09 bits per heavy atom. The Labute approximate surface area is 203 Å². The van der Waals surface area contributed by atoms with Crippen LogP contribution in [0.25, 0.3) is 22.0 Å². The molecule has 0 radical (unpaired) electrons. The first-order valence-corrected chi connectivity index (χ1v) is 12.1. The first-order chi connectivity index (χ1) is 17.2. The number of anilines is 2. The van der Waals surface area contributed by atoms with Crippen LogP contribution in [0.5, 0.6) is 11.5 Å². The Morgan fingerprint density at radius 3 is 2.83 bits per heavy atom. The van der Waals surface area contributed by atoms with Gasteiger partial charge in [-0.3, -0.25) is 0 Å². The predicted octanol–water partition coefficient (Wildman–Crippen LogP) is 5.59. The zero-order chi connectivity index (χ0) is 23.8. The summed E-state index contributed by atoms with van der Waals surface area (Å²) in [4.78, 5) is 9.37. The second kappa shape index (κ2) is 9.15. The number of para-hydroxylation sites is 1. The van der Waals surface area contributed by atoms with Crippen LogP contribution in [0.3, 0.4) is 0 Å². The molecule has 2 aliphatic heterocycles. The van der Waals surface area contributed by atoms with Crippen molar-refractivity contribution in [2.75, 3.05) is 32.1 Å². The van der Waals surface area contributed by atoms with E-state index in [4.69, 9.17) is 14.5 Å². The van der Waals surface area contributed by atoms with Gasteiger partial charge in [0, 0.05) is 34.7 Å². The fourth-order valence-electron chi connectivity index (χ4n) is 5.28. The monoisotopic (exact) mass is 470 g/mol. The number of ether oxygens (including phenoxy) is 2. The predicted molar refractivity (Wildman–Crippen MR) is 135 cm³/mol. The van der Waals surface area contributed by atoms with Crippen LogP contribution in [0, 0.1) is 5.82 Å². The quantitative estimate of drug-likeness (QED) is 0.396. The van der Waals surface area contributed by atoms with Gasteiger partial charge in [0.25, 0.3) is 0 Å². The van der Waals surface area contributed by atoms with Crippen molar-refractivity contribution in [1.29, 1.82) is 0 Å². The number of nitrogens with one attached hydrogen (secondary N) is 2. The number of aromatic nitrogens is 2. The van der Waals surface area contributed by atoms with Crippen molar-refractivity contribution >= 4 is 22.5 Å². The van der Waals surface area contributed by atoms with Crippen LogP contribution in [-0.2, 0) is 6.42 Å². The van der Waals surface area contributed by atoms with E-state index in [0.717, 1.165) is 60.3 Å². The zero-order valence-electron chi connectivity index (χ0n) is 19.6. The molecule has 0 unspecified atom stereocenters. The smallest absolute Gasteiger partial charge is 0.227 e. The molecule has 0 atom stereocenters. The van der Waals surface area contributed by atoms with Crippen molar-refractivity contribution in [1.82, 2.24) is 15.3 Å². The first-order valence-electron chi connectivity index (χ1n) is 12.1. The highest BCUT2D eigenvalue weighted by atomic mass is 19.1. The van der Waals surface area contributed by atoms with Gasteiger partial charge in [0.15, 0.2) is 0 Å². The molecule has 1 aromatic heterocycles. The molecule has 0 amide bonds. The lowest BCUT2D eigenvalue weighted by molar-refractivity contribution is 0.358. The lowest BCUT2D eigenvalue weighted by Gasteiger charge is -2.25. The topological polar surface area (TPSA) is 68.3 Å². The summed E-state index contributed by atoms with van der Waals surface area (Å²) in [6.45, 7) is 2.81. The van der Waals surface area contributed by atoms with E-state index >= 15 is 0 Å². The molecule has 0 bridgehead atoms. The first kappa shape index (κ1) is 21.8. The van der Waals surface area contributed by atoms with Crippen LogP contribution < -0.4 is 20.1 Å². The van der Waals surface area contributed by atoms with E-state index in [1.807, 2.05) is 18.2 Å². The number of halogens is 1. The summed E-state index contributed by atoms with van der Waals surface area (Å²) in [5.41, 5.74) is 5.73. The minimum Gasteiger partial charge on any atom is -0.496 e. The number of methoxy groups -OCH3 is 1. The fraction of sp³-hybridized carbons (Fsp3) is 0.286. The number of nitrogens with zero attached hydrogens (tertiary/aromatic N) is 2. The molecule has 4 aromatic rings. The highest BCUT2D eigenvalue weighted by Crippen LogP contribution is 2.42. The second-order valence-electron chi connectivity index (χ2n) is 9.04. The molecule has 178 valence electrons. The van der Waals surface area contributed by atoms with Gasteiger partial charge >= 0.3 is 0 Å². The highest BCUT2D eigenvalue weighted by molar-refractivity contribution is 5.95. The van der Waals surface area contributed by atoms with Gasteiger partial charge in [0.2, 0.25) is 5.95 Å². The van der Waals surface area contributed by atoms with Crippen molar-refractivity contribution in [3.63, 3.8) is 0 Å². The van der Waals surface area contributed by atoms with Gasteiger partial charge in [-0.25, -0.2) is 14.4 Å². The molecule has 3 heterocycles. The molecule has 0 aliphatic carbocycles. The largest absolute Gasteiger partial charge is 0.496 e. The second-order valence-corrected chi connectivity index (χ2v) is 9.04. The van der Waals surface area contributed by atoms with Gasteiger partial charge in [0.05, 0.1) is 24.9 Å². The lowest BCUT2D eigenvalue weighted by Crippen LogP contribution is -2.27. The molecule has 0 saturated carbocycles. The minimum atomic E-state index is -0.327. The van der Waals surface area contributed by atoms with Crippen LogP contribution in [0.2, 0.25) is 0 Å². The third kappa shape index (κ3) is 4.06. The zero-order valence-corrected chi connectivity index (χ0v) is 19.6. The number of hydrogen-bond donors (Lipinski definition) is 2. The van der Waals surface area contributed by atoms with E-state index in [-0.39, 0.29) is 5.82 Å². The SMILES string of the molecule is COc1ccc(F)cc1-c1cccc2cnc(Nc3ccc(C4CCNCC4)c4c3OCC4)nc12. The molecule has 3 aromatic carbocycles. The molecule has 1 fully saturated rings. The van der Waals surface area contributed by atoms with Crippen molar-refractivity contribution in [3.8, 4) is 22.6 Å². The number of hydrogen-bond acceptors (Lipinski definition) is 6. The van der Waals surface area contributed by atoms with Gasteiger partial charge < -0.3 is 20.1 Å². The van der Waals surface area contributed by atoms with E-state index in [2.05, 4.69) is 27.8 Å². The molecule has 1 saturated heterocycles. The Morgan fingerprint density at radius 2 is 1.97 bits per heavy atom. The summed E-state index contributed by atoms with van der Waals surface area (Å²) in [5.74, 6) is 2.21. The maximum atomic E-state index is 14.1. The summed E-state index contributed by atoms with van der Waals surface area (Å²) in [6.07, 6.45) is 5.01. The third-order valence-electron chi connectivity index (χ3n) is 6.98. The van der Waals surface area contributed by atoms with Gasteiger partial charge in [-0.2, -0.15) is 0 Å². The molecular formula is C28H27FN4O2. The summed E-state index contributed by atoms with van der Waals surface area (Å²) >= 11 is 0. The summed E-state index contributed by atoms with van der Waals surface area (Å²) in [6, 6.07) is 14.6. The van der Waals surface area contributed by atoms with E-state index in [0.29, 0.717) is 29.8 Å². The van der Waals surface area contributed by atoms with E-state index in [1.54, 1.807) is 19.4 Å². The van der Waals surface area contributed by atoms with E-state index < -0.39 is 0 Å². The minimum absolute atomic E-state index is 0.327. The van der Waals surface area contributed by atoms with Crippen LogP contribution >= 0.6 is 0 Å². The molecule has 35 heavy (non-hydrogen) atoms. The number of rotatable bonds is 5. The average Bonchev–Trinajstić information content (AvgIpc) is 3.40. The number of fused-ring (bicyclic) bond motifs is 2. The standard InChI is InChI=1S/C28H27FN4O2/c1-34-25-8-5-19(29)15-23(25)21-4-2-3-18-16-31-28(33-26(18)21)32-24-7-6-20(17-9-12-30-13-10-17)22-11-14-35-27(22)24/h2-8,15-17,30H,9-14H2,1H3,(H,31,32,33). The van der Waals surface area contributed by atoms with Gasteiger partial charge in [-0.1, -0.05) is 24.3 Å². The summed E-state index contributed by atoms with van der Waals surface area (Å²) < 4.78 is 25.7. The molecule has 2 N–H and O–H groups in total. The number of piperidine rings is 1. The fourth-order valence-corrected chi connectivity index (χ4v) is 5.28. The maximum Gasteiger partial charge on any atom is 0.227 e.